The Hall–Kier alpha value is -0.610. The highest BCUT2D eigenvalue weighted by molar-refractivity contribution is 5.70. The monoisotopic (exact) mass is 229 g/mol. The number of hydrogen-bond donors (Lipinski definition) is 1. The van der Waals surface area contributed by atoms with Crippen LogP contribution in [0, 0.1) is 0 Å². The Labute approximate surface area is 97.6 Å². The van der Waals surface area contributed by atoms with Gasteiger partial charge in [-0.05, 0) is 33.6 Å². The molecular weight excluding hydrogens is 206 g/mol. The fourth-order valence-corrected chi connectivity index (χ4v) is 1.78. The van der Waals surface area contributed by atoms with E-state index in [0.29, 0.717) is 6.42 Å². The summed E-state index contributed by atoms with van der Waals surface area (Å²) in [6, 6.07) is 0. The van der Waals surface area contributed by atoms with E-state index in [0.717, 1.165) is 32.5 Å². The number of rotatable bonds is 3. The van der Waals surface area contributed by atoms with Crippen molar-refractivity contribution in [2.75, 3.05) is 19.6 Å². The predicted octanol–water partition coefficient (Wildman–Crippen LogP) is 1.17. The fraction of sp³-hybridized carbons (Fsp3) is 0.917. The maximum Gasteiger partial charge on any atom is 0.307 e. The Kier molecular flexibility index (Phi) is 4.74. The summed E-state index contributed by atoms with van der Waals surface area (Å²) in [6.45, 7) is 8.13. The summed E-state index contributed by atoms with van der Waals surface area (Å²) in [5.74, 6) is -0.140. The van der Waals surface area contributed by atoms with Crippen LogP contribution in [-0.2, 0) is 9.53 Å². The van der Waals surface area contributed by atoms with E-state index in [9.17, 15) is 9.90 Å². The second-order valence-electron chi connectivity index (χ2n) is 5.41. The Morgan fingerprint density at radius 3 is 2.44 bits per heavy atom. The Bertz CT molecular complexity index is 227. The van der Waals surface area contributed by atoms with E-state index in [1.54, 1.807) is 0 Å². The zero-order valence-corrected chi connectivity index (χ0v) is 10.5. The summed E-state index contributed by atoms with van der Waals surface area (Å²) < 4.78 is 5.23. The SMILES string of the molecule is CC(C)(C)OC(=O)CCN1CCC(O)CC1. The predicted molar refractivity (Wildman–Crippen MR) is 62.1 cm³/mol. The number of hydrogen-bond acceptors (Lipinski definition) is 4. The molecule has 1 N–H and O–H groups in total. The first-order valence-electron chi connectivity index (χ1n) is 5.99. The fourth-order valence-electron chi connectivity index (χ4n) is 1.78. The molecule has 0 spiro atoms. The topological polar surface area (TPSA) is 49.8 Å². The first kappa shape index (κ1) is 13.5. The van der Waals surface area contributed by atoms with Gasteiger partial charge in [0.05, 0.1) is 12.5 Å². The lowest BCUT2D eigenvalue weighted by molar-refractivity contribution is -0.155. The third kappa shape index (κ3) is 5.47. The van der Waals surface area contributed by atoms with Crippen LogP contribution in [0.5, 0.6) is 0 Å². The smallest absolute Gasteiger partial charge is 0.307 e. The molecule has 1 aliphatic rings. The molecule has 1 rings (SSSR count). The quantitative estimate of drug-likeness (QED) is 0.738. The van der Waals surface area contributed by atoms with Crippen molar-refractivity contribution < 1.29 is 14.6 Å². The minimum Gasteiger partial charge on any atom is -0.460 e. The standard InChI is InChI=1S/C12H23NO3/c1-12(2,3)16-11(15)6-9-13-7-4-10(14)5-8-13/h10,14H,4-9H2,1-3H3. The van der Waals surface area contributed by atoms with Crippen LogP contribution in [0.4, 0.5) is 0 Å². The molecule has 94 valence electrons. The molecule has 0 radical (unpaired) electrons. The summed E-state index contributed by atoms with van der Waals surface area (Å²) >= 11 is 0. The average Bonchev–Trinajstić information content (AvgIpc) is 2.14. The van der Waals surface area contributed by atoms with Gasteiger partial charge in [0.1, 0.15) is 5.60 Å². The number of aliphatic hydroxyl groups excluding tert-OH is 1. The molecule has 4 heteroatoms. The van der Waals surface area contributed by atoms with Crippen LogP contribution in [0.2, 0.25) is 0 Å². The summed E-state index contributed by atoms with van der Waals surface area (Å²) in [7, 11) is 0. The molecule has 0 amide bonds. The first-order valence-corrected chi connectivity index (χ1v) is 5.99. The number of ether oxygens (including phenoxy) is 1. The lowest BCUT2D eigenvalue weighted by atomic mass is 10.1. The maximum absolute atomic E-state index is 11.5. The zero-order chi connectivity index (χ0) is 12.2. The number of carbonyl (C=O) groups is 1. The molecule has 0 unspecified atom stereocenters. The van der Waals surface area contributed by atoms with E-state index < -0.39 is 5.60 Å². The molecule has 0 saturated carbocycles. The van der Waals surface area contributed by atoms with E-state index in [4.69, 9.17) is 4.74 Å². The van der Waals surface area contributed by atoms with Crippen LogP contribution >= 0.6 is 0 Å². The van der Waals surface area contributed by atoms with Gasteiger partial charge in [0, 0.05) is 19.6 Å². The highest BCUT2D eigenvalue weighted by atomic mass is 16.6. The lowest BCUT2D eigenvalue weighted by Crippen LogP contribution is -2.37. The third-order valence-corrected chi connectivity index (χ3v) is 2.61. The molecular formula is C12H23NO3. The van der Waals surface area contributed by atoms with Gasteiger partial charge >= 0.3 is 5.97 Å². The number of aliphatic hydroxyl groups is 1. The van der Waals surface area contributed by atoms with Crippen molar-refractivity contribution in [1.82, 2.24) is 4.90 Å². The lowest BCUT2D eigenvalue weighted by Gasteiger charge is -2.29. The van der Waals surface area contributed by atoms with E-state index in [2.05, 4.69) is 4.90 Å². The number of nitrogens with zero attached hydrogens (tertiary/aromatic N) is 1. The van der Waals surface area contributed by atoms with Crippen LogP contribution < -0.4 is 0 Å². The minimum absolute atomic E-state index is 0.140. The summed E-state index contributed by atoms with van der Waals surface area (Å²) in [6.07, 6.45) is 1.91. The molecule has 0 aliphatic carbocycles. The van der Waals surface area contributed by atoms with Crippen molar-refractivity contribution in [3.05, 3.63) is 0 Å². The van der Waals surface area contributed by atoms with E-state index in [-0.39, 0.29) is 12.1 Å². The van der Waals surface area contributed by atoms with Crippen LogP contribution in [0.15, 0.2) is 0 Å². The van der Waals surface area contributed by atoms with Gasteiger partial charge in [-0.2, -0.15) is 0 Å². The zero-order valence-electron chi connectivity index (χ0n) is 10.5. The maximum atomic E-state index is 11.5. The molecule has 0 aromatic carbocycles. The molecule has 1 saturated heterocycles. The van der Waals surface area contributed by atoms with Crippen LogP contribution in [-0.4, -0.2) is 47.3 Å². The Morgan fingerprint density at radius 2 is 1.94 bits per heavy atom. The van der Waals surface area contributed by atoms with Gasteiger partial charge in [-0.25, -0.2) is 0 Å². The van der Waals surface area contributed by atoms with Gasteiger partial charge in [-0.15, -0.1) is 0 Å². The van der Waals surface area contributed by atoms with Gasteiger partial charge in [0.15, 0.2) is 0 Å². The second kappa shape index (κ2) is 5.64. The Morgan fingerprint density at radius 1 is 1.38 bits per heavy atom. The van der Waals surface area contributed by atoms with Gasteiger partial charge in [0.25, 0.3) is 0 Å². The molecule has 0 atom stereocenters. The van der Waals surface area contributed by atoms with Gasteiger partial charge in [-0.1, -0.05) is 0 Å². The summed E-state index contributed by atoms with van der Waals surface area (Å²) in [5.41, 5.74) is -0.394. The minimum atomic E-state index is -0.394. The van der Waals surface area contributed by atoms with E-state index in [1.165, 1.54) is 0 Å². The number of carbonyl (C=O) groups excluding carboxylic acids is 1. The van der Waals surface area contributed by atoms with Crippen molar-refractivity contribution in [3.8, 4) is 0 Å². The van der Waals surface area contributed by atoms with Crippen LogP contribution in [0.3, 0.4) is 0 Å². The molecule has 16 heavy (non-hydrogen) atoms. The summed E-state index contributed by atoms with van der Waals surface area (Å²) in [4.78, 5) is 13.7. The molecule has 1 heterocycles. The van der Waals surface area contributed by atoms with E-state index >= 15 is 0 Å². The van der Waals surface area contributed by atoms with Crippen molar-refractivity contribution >= 4 is 5.97 Å². The molecule has 0 bridgehead atoms. The molecule has 4 nitrogen and oxygen atoms in total. The van der Waals surface area contributed by atoms with Gasteiger partial charge in [-0.3, -0.25) is 4.79 Å². The number of esters is 1. The molecule has 1 fully saturated rings. The van der Waals surface area contributed by atoms with Crippen molar-refractivity contribution in [2.45, 2.75) is 51.7 Å². The number of likely N-dealkylation sites (tertiary alicyclic amines) is 1. The molecule has 1 aliphatic heterocycles. The van der Waals surface area contributed by atoms with Crippen molar-refractivity contribution in [3.63, 3.8) is 0 Å². The Balaban J connectivity index is 2.17. The van der Waals surface area contributed by atoms with Gasteiger partial charge < -0.3 is 14.7 Å². The van der Waals surface area contributed by atoms with Crippen LogP contribution in [0.1, 0.15) is 40.0 Å². The average molecular weight is 229 g/mol. The van der Waals surface area contributed by atoms with E-state index in [1.807, 2.05) is 20.8 Å². The summed E-state index contributed by atoms with van der Waals surface area (Å²) in [5, 5.41) is 9.34. The highest BCUT2D eigenvalue weighted by Crippen LogP contribution is 2.12. The highest BCUT2D eigenvalue weighted by Gasteiger charge is 2.20. The van der Waals surface area contributed by atoms with Gasteiger partial charge in [0.2, 0.25) is 0 Å². The second-order valence-corrected chi connectivity index (χ2v) is 5.41. The molecule has 0 aromatic heterocycles. The number of piperidine rings is 1. The molecule has 0 aromatic rings. The third-order valence-electron chi connectivity index (χ3n) is 2.61. The van der Waals surface area contributed by atoms with Crippen molar-refractivity contribution in [2.24, 2.45) is 0 Å². The van der Waals surface area contributed by atoms with Crippen molar-refractivity contribution in [1.29, 1.82) is 0 Å². The first-order chi connectivity index (χ1) is 7.37. The van der Waals surface area contributed by atoms with Crippen LogP contribution in [0.25, 0.3) is 0 Å². The largest absolute Gasteiger partial charge is 0.460 e. The normalized spacial score (nSPS) is 19.8.